The maximum absolute atomic E-state index is 12.2. The highest BCUT2D eigenvalue weighted by atomic mass is 35.5. The Morgan fingerprint density at radius 3 is 2.47 bits per heavy atom. The Morgan fingerprint density at radius 1 is 1.11 bits per heavy atom. The first-order chi connectivity index (χ1) is 22.8. The number of carbonyl (C=O) groups is 2. The number of halogens is 2. The molecular weight excluding hydrogens is 623 g/mol. The molecule has 0 spiro atoms. The highest BCUT2D eigenvalue weighted by molar-refractivity contribution is 6.31. The van der Waals surface area contributed by atoms with Crippen LogP contribution in [0.1, 0.15) is 36.1 Å². The van der Waals surface area contributed by atoms with Crippen LogP contribution in [-0.2, 0) is 14.3 Å². The predicted octanol–water partition coefficient (Wildman–Crippen LogP) is 5.79. The highest BCUT2D eigenvalue weighted by Crippen LogP contribution is 2.34. The van der Waals surface area contributed by atoms with Crippen LogP contribution in [0.2, 0.25) is 5.02 Å². The average Bonchev–Trinajstić information content (AvgIpc) is 3.42. The summed E-state index contributed by atoms with van der Waals surface area (Å²) < 4.78 is 28.1. The van der Waals surface area contributed by atoms with Crippen molar-refractivity contribution in [1.29, 1.82) is 0 Å². The van der Waals surface area contributed by atoms with E-state index >= 15 is 0 Å². The van der Waals surface area contributed by atoms with Crippen LogP contribution in [0, 0.1) is 12.7 Å². The molecule has 5 rings (SSSR count). The van der Waals surface area contributed by atoms with Gasteiger partial charge in [0.15, 0.2) is 6.61 Å². The van der Waals surface area contributed by atoms with E-state index < -0.39 is 0 Å². The number of aryl methyl sites for hydroxylation is 1. The number of fused-ring (bicyclic) bond motifs is 1. The lowest BCUT2D eigenvalue weighted by molar-refractivity contribution is -0.123. The van der Waals surface area contributed by atoms with Crippen LogP contribution in [0.5, 0.6) is 11.5 Å². The van der Waals surface area contributed by atoms with Crippen LogP contribution >= 0.6 is 11.6 Å². The third-order valence-corrected chi connectivity index (χ3v) is 8.28. The number of amides is 2. The molecule has 252 valence electrons. The monoisotopic (exact) mass is 666 g/mol. The number of H-pyrrole nitrogens is 1. The van der Waals surface area contributed by atoms with Crippen molar-refractivity contribution in [3.05, 3.63) is 94.4 Å². The number of aromatic nitrogens is 1. The molecule has 0 saturated carbocycles. The fourth-order valence-corrected chi connectivity index (χ4v) is 5.66. The largest absolute Gasteiger partial charge is 0.497 e. The molecule has 2 amide bonds. The molecule has 0 radical (unpaired) electrons. The van der Waals surface area contributed by atoms with E-state index in [0.29, 0.717) is 36.2 Å². The van der Waals surface area contributed by atoms with E-state index in [2.05, 4.69) is 29.0 Å². The highest BCUT2D eigenvalue weighted by Gasteiger charge is 2.23. The Balaban J connectivity index is 0.000000479. The number of hydrogen-bond acceptors (Lipinski definition) is 6. The minimum Gasteiger partial charge on any atom is -0.497 e. The number of methoxy groups -OCH3 is 1. The van der Waals surface area contributed by atoms with Crippen LogP contribution < -0.4 is 14.8 Å². The van der Waals surface area contributed by atoms with Gasteiger partial charge in [0.2, 0.25) is 6.41 Å². The Kier molecular flexibility index (Phi) is 13.9. The minimum absolute atomic E-state index is 0.0385. The third-order valence-electron chi connectivity index (χ3n) is 8.04. The predicted molar refractivity (Wildman–Crippen MR) is 183 cm³/mol. The molecule has 11 heteroatoms. The summed E-state index contributed by atoms with van der Waals surface area (Å²) >= 11 is 6.26. The van der Waals surface area contributed by atoms with E-state index in [1.807, 2.05) is 47.4 Å². The topological polar surface area (TPSA) is 96.1 Å². The molecule has 4 aromatic rings. The third kappa shape index (κ3) is 10.7. The molecule has 9 nitrogen and oxygen atoms in total. The Morgan fingerprint density at radius 2 is 1.81 bits per heavy atom. The number of nitrogens with one attached hydrogen (secondary N) is 2. The van der Waals surface area contributed by atoms with Gasteiger partial charge in [-0.05, 0) is 79.1 Å². The van der Waals surface area contributed by atoms with Crippen molar-refractivity contribution >= 4 is 34.8 Å². The Labute approximate surface area is 280 Å². The first-order valence-electron chi connectivity index (χ1n) is 15.9. The van der Waals surface area contributed by atoms with Gasteiger partial charge in [0, 0.05) is 66.8 Å². The molecule has 1 fully saturated rings. The zero-order valence-corrected chi connectivity index (χ0v) is 28.0. The van der Waals surface area contributed by atoms with Crippen molar-refractivity contribution in [1.82, 2.24) is 20.1 Å². The summed E-state index contributed by atoms with van der Waals surface area (Å²) in [6.07, 6.45) is 1.80. The van der Waals surface area contributed by atoms with Crippen LogP contribution in [0.3, 0.4) is 0 Å². The summed E-state index contributed by atoms with van der Waals surface area (Å²) in [6, 6.07) is 19.5. The fourth-order valence-electron chi connectivity index (χ4n) is 5.49. The average molecular weight is 667 g/mol. The van der Waals surface area contributed by atoms with Gasteiger partial charge < -0.3 is 29.4 Å². The van der Waals surface area contributed by atoms with E-state index in [1.165, 1.54) is 12.1 Å². The number of benzene rings is 3. The van der Waals surface area contributed by atoms with Crippen molar-refractivity contribution in [2.75, 3.05) is 66.2 Å². The summed E-state index contributed by atoms with van der Waals surface area (Å²) in [5.41, 5.74) is 4.23. The number of hydrogen-bond donors (Lipinski definition) is 2. The van der Waals surface area contributed by atoms with Crippen LogP contribution in [0.25, 0.3) is 10.9 Å². The van der Waals surface area contributed by atoms with Crippen LogP contribution in [-0.4, -0.2) is 93.3 Å². The minimum atomic E-state index is -0.240. The zero-order valence-electron chi connectivity index (χ0n) is 27.3. The van der Waals surface area contributed by atoms with Crippen molar-refractivity contribution in [3.8, 4) is 11.5 Å². The lowest BCUT2D eigenvalue weighted by atomic mass is 9.92. The maximum atomic E-state index is 12.2. The zero-order chi connectivity index (χ0) is 33.6. The van der Waals surface area contributed by atoms with Crippen molar-refractivity contribution in [2.24, 2.45) is 0 Å². The molecular formula is C36H44ClFN4O5. The van der Waals surface area contributed by atoms with Gasteiger partial charge in [-0.3, -0.25) is 14.5 Å². The lowest BCUT2D eigenvalue weighted by Crippen LogP contribution is -2.42. The molecule has 1 aromatic heterocycles. The molecule has 1 aliphatic rings. The SMILES string of the molecule is CCCN(C=O)CC(c1ccc(OCC(=O)NCCN2CCOCC2)cc1)c1[nH]c2ccc(Cl)cc2c1C.COc1ccc(F)cc1. The van der Waals surface area contributed by atoms with Crippen LogP contribution in [0.15, 0.2) is 66.7 Å². The number of nitrogens with zero attached hydrogens (tertiary/aromatic N) is 2. The van der Waals surface area contributed by atoms with Crippen molar-refractivity contribution in [2.45, 2.75) is 26.2 Å². The summed E-state index contributed by atoms with van der Waals surface area (Å²) in [7, 11) is 1.55. The normalized spacial score (nSPS) is 13.7. The molecule has 0 aliphatic carbocycles. The van der Waals surface area contributed by atoms with Crippen molar-refractivity contribution in [3.63, 3.8) is 0 Å². The first kappa shape index (κ1) is 35.7. The Hall–Kier alpha value is -4.12. The lowest BCUT2D eigenvalue weighted by Gasteiger charge is -2.26. The van der Waals surface area contributed by atoms with Gasteiger partial charge in [0.25, 0.3) is 5.91 Å². The molecule has 3 aromatic carbocycles. The van der Waals surface area contributed by atoms with E-state index in [4.69, 9.17) is 25.8 Å². The van der Waals surface area contributed by atoms with E-state index in [1.54, 1.807) is 19.2 Å². The molecule has 1 aliphatic heterocycles. The maximum Gasteiger partial charge on any atom is 0.257 e. The Bertz CT molecular complexity index is 1560. The van der Waals surface area contributed by atoms with Gasteiger partial charge in [0.05, 0.1) is 20.3 Å². The molecule has 2 heterocycles. The van der Waals surface area contributed by atoms with E-state index in [-0.39, 0.29) is 24.2 Å². The standard InChI is InChI=1S/C29H37ClN4O4.C7H7FO/c1-3-11-34(20-35)18-26(29-21(2)25-17-23(30)6-9-27(25)32-29)22-4-7-24(8-5-22)38-19-28(36)31-10-12-33-13-15-37-16-14-33;1-9-7-4-2-6(8)3-5-7/h4-9,17,20,26,32H,3,10-16,18-19H2,1-2H3,(H,31,36);2-5H,1H3. The summed E-state index contributed by atoms with van der Waals surface area (Å²) in [5.74, 6) is 0.855. The second-order valence-electron chi connectivity index (χ2n) is 11.3. The quantitative estimate of drug-likeness (QED) is 0.166. The smallest absolute Gasteiger partial charge is 0.257 e. The molecule has 2 N–H and O–H groups in total. The van der Waals surface area contributed by atoms with Gasteiger partial charge in [-0.25, -0.2) is 4.39 Å². The number of rotatable bonds is 14. The molecule has 1 atom stereocenters. The molecule has 0 bridgehead atoms. The van der Waals surface area contributed by atoms with Gasteiger partial charge in [-0.15, -0.1) is 0 Å². The second-order valence-corrected chi connectivity index (χ2v) is 11.8. The number of aromatic amines is 1. The summed E-state index contributed by atoms with van der Waals surface area (Å²) in [5, 5.41) is 4.68. The van der Waals surface area contributed by atoms with Crippen LogP contribution in [0.4, 0.5) is 4.39 Å². The van der Waals surface area contributed by atoms with Gasteiger partial charge in [0.1, 0.15) is 17.3 Å². The summed E-state index contributed by atoms with van der Waals surface area (Å²) in [6.45, 7) is 10.0. The molecule has 1 saturated heterocycles. The summed E-state index contributed by atoms with van der Waals surface area (Å²) in [4.78, 5) is 31.7. The second kappa shape index (κ2) is 18.3. The van der Waals surface area contributed by atoms with Crippen molar-refractivity contribution < 1.29 is 28.2 Å². The first-order valence-corrected chi connectivity index (χ1v) is 16.2. The fraction of sp³-hybridized carbons (Fsp3) is 0.389. The molecule has 1 unspecified atom stereocenters. The number of morpholine rings is 1. The molecule has 47 heavy (non-hydrogen) atoms. The van der Waals surface area contributed by atoms with E-state index in [0.717, 1.165) is 73.4 Å². The number of ether oxygens (including phenoxy) is 3. The van der Waals surface area contributed by atoms with Gasteiger partial charge in [-0.1, -0.05) is 30.7 Å². The van der Waals surface area contributed by atoms with Gasteiger partial charge in [-0.2, -0.15) is 0 Å². The van der Waals surface area contributed by atoms with E-state index in [9.17, 15) is 14.0 Å². The number of carbonyl (C=O) groups excluding carboxylic acids is 2. The van der Waals surface area contributed by atoms with Gasteiger partial charge >= 0.3 is 0 Å².